The van der Waals surface area contributed by atoms with Crippen LogP contribution in [-0.4, -0.2) is 46.2 Å². The van der Waals surface area contributed by atoms with E-state index < -0.39 is 24.0 Å². The molecule has 27 heavy (non-hydrogen) atoms. The second-order valence-electron chi connectivity index (χ2n) is 7.50. The molecule has 1 unspecified atom stereocenters. The van der Waals surface area contributed by atoms with Crippen LogP contribution in [0, 0.1) is 0 Å². The van der Waals surface area contributed by atoms with Crippen molar-refractivity contribution in [1.29, 1.82) is 0 Å². The third kappa shape index (κ3) is 5.70. The Labute approximate surface area is 160 Å². The van der Waals surface area contributed by atoms with Gasteiger partial charge in [0.15, 0.2) is 0 Å². The lowest BCUT2D eigenvalue weighted by Gasteiger charge is -2.34. The van der Waals surface area contributed by atoms with Gasteiger partial charge in [-0.3, -0.25) is 4.79 Å². The highest BCUT2D eigenvalue weighted by molar-refractivity contribution is 5.90. The average molecular weight is 376 g/mol. The Morgan fingerprint density at radius 1 is 1.19 bits per heavy atom. The number of hydrogen-bond acceptors (Lipinski definition) is 5. The van der Waals surface area contributed by atoms with Crippen molar-refractivity contribution in [2.75, 3.05) is 6.54 Å². The maximum absolute atomic E-state index is 12.8. The van der Waals surface area contributed by atoms with Gasteiger partial charge in [0.05, 0.1) is 0 Å². The molecule has 1 aliphatic rings. The summed E-state index contributed by atoms with van der Waals surface area (Å²) < 4.78 is 10.7. The topological polar surface area (TPSA) is 76.2 Å². The summed E-state index contributed by atoms with van der Waals surface area (Å²) in [5, 5.41) is 0. The number of carbonyl (C=O) groups is 3. The number of rotatable bonds is 5. The molecule has 1 fully saturated rings. The molecular formula is C20H28N2O5. The van der Waals surface area contributed by atoms with Crippen LogP contribution < -0.4 is 0 Å². The van der Waals surface area contributed by atoms with Crippen molar-refractivity contribution >= 4 is 18.1 Å². The van der Waals surface area contributed by atoms with Gasteiger partial charge in [0.2, 0.25) is 5.91 Å². The molecule has 0 aromatic heterocycles. The molecule has 1 aliphatic heterocycles. The molecule has 0 N–H and O–H groups in total. The smallest absolute Gasteiger partial charge is 0.421 e. The minimum absolute atomic E-state index is 0.0351. The van der Waals surface area contributed by atoms with Gasteiger partial charge in [-0.15, -0.1) is 0 Å². The highest BCUT2D eigenvalue weighted by Gasteiger charge is 2.42. The van der Waals surface area contributed by atoms with Gasteiger partial charge < -0.3 is 14.4 Å². The van der Waals surface area contributed by atoms with E-state index in [1.54, 1.807) is 25.7 Å². The molecule has 0 radical (unpaired) electrons. The van der Waals surface area contributed by atoms with E-state index in [0.29, 0.717) is 13.0 Å². The van der Waals surface area contributed by atoms with E-state index >= 15 is 0 Å². The molecule has 0 saturated carbocycles. The van der Waals surface area contributed by atoms with Gasteiger partial charge in [0.1, 0.15) is 18.4 Å². The van der Waals surface area contributed by atoms with Crippen molar-refractivity contribution in [2.24, 2.45) is 0 Å². The van der Waals surface area contributed by atoms with E-state index in [0.717, 1.165) is 16.9 Å². The first kappa shape index (κ1) is 20.7. The summed E-state index contributed by atoms with van der Waals surface area (Å²) in [5.74, 6) is -0.0775. The molecule has 7 heteroatoms. The number of imide groups is 1. The van der Waals surface area contributed by atoms with E-state index in [1.165, 1.54) is 0 Å². The first-order valence-electron chi connectivity index (χ1n) is 9.25. The lowest BCUT2D eigenvalue weighted by Crippen LogP contribution is -2.53. The lowest BCUT2D eigenvalue weighted by molar-refractivity contribution is -0.130. The third-order valence-electron chi connectivity index (χ3n) is 4.05. The first-order chi connectivity index (χ1) is 12.7. The fourth-order valence-corrected chi connectivity index (χ4v) is 2.92. The zero-order valence-electron chi connectivity index (χ0n) is 16.4. The Morgan fingerprint density at radius 2 is 1.85 bits per heavy atom. The van der Waals surface area contributed by atoms with E-state index in [-0.39, 0.29) is 18.9 Å². The molecule has 148 valence electrons. The molecule has 1 atom stereocenters. The summed E-state index contributed by atoms with van der Waals surface area (Å²) in [5.41, 5.74) is 0.0376. The minimum atomic E-state index is -0.811. The van der Waals surface area contributed by atoms with Crippen LogP contribution in [0.5, 0.6) is 0 Å². The molecule has 0 aliphatic carbocycles. The quantitative estimate of drug-likeness (QED) is 0.778. The SMILES string of the molecule is CCCN1C(=O)CCC1N(C(=O)OCc1ccccc1)C(=O)OC(C)(C)C. The van der Waals surface area contributed by atoms with Crippen molar-refractivity contribution in [1.82, 2.24) is 9.80 Å². The Bertz CT molecular complexity index is 669. The Kier molecular flexibility index (Phi) is 6.82. The molecule has 1 saturated heterocycles. The van der Waals surface area contributed by atoms with Gasteiger partial charge in [0.25, 0.3) is 0 Å². The zero-order valence-corrected chi connectivity index (χ0v) is 16.4. The number of likely N-dealkylation sites (tertiary alicyclic amines) is 1. The van der Waals surface area contributed by atoms with E-state index in [2.05, 4.69) is 0 Å². The van der Waals surface area contributed by atoms with Gasteiger partial charge in [-0.05, 0) is 39.2 Å². The van der Waals surface area contributed by atoms with Gasteiger partial charge in [-0.25, -0.2) is 9.59 Å². The standard InChI is InChI=1S/C20H28N2O5/c1-5-13-21-16(11-12-17(21)23)22(19(25)27-20(2,3)4)18(24)26-14-15-9-7-6-8-10-15/h6-10,16H,5,11-14H2,1-4H3. The van der Waals surface area contributed by atoms with Crippen LogP contribution in [0.2, 0.25) is 0 Å². The van der Waals surface area contributed by atoms with E-state index in [1.807, 2.05) is 37.3 Å². The minimum Gasteiger partial charge on any atom is -0.444 e. The maximum atomic E-state index is 12.8. The van der Waals surface area contributed by atoms with Gasteiger partial charge >= 0.3 is 12.2 Å². The summed E-state index contributed by atoms with van der Waals surface area (Å²) >= 11 is 0. The van der Waals surface area contributed by atoms with Gasteiger partial charge in [-0.2, -0.15) is 4.90 Å². The van der Waals surface area contributed by atoms with Gasteiger partial charge in [0, 0.05) is 13.0 Å². The van der Waals surface area contributed by atoms with Crippen LogP contribution in [0.3, 0.4) is 0 Å². The highest BCUT2D eigenvalue weighted by atomic mass is 16.6. The second kappa shape index (κ2) is 8.88. The van der Waals surface area contributed by atoms with Crippen molar-refractivity contribution in [3.63, 3.8) is 0 Å². The van der Waals surface area contributed by atoms with Crippen LogP contribution in [0.1, 0.15) is 52.5 Å². The summed E-state index contributed by atoms with van der Waals surface area (Å²) in [4.78, 5) is 40.1. The van der Waals surface area contributed by atoms with E-state index in [4.69, 9.17) is 9.47 Å². The molecule has 0 bridgehead atoms. The van der Waals surface area contributed by atoms with Crippen LogP contribution in [0.4, 0.5) is 9.59 Å². The molecule has 0 spiro atoms. The normalized spacial score (nSPS) is 17.0. The number of nitrogens with zero attached hydrogens (tertiary/aromatic N) is 2. The zero-order chi connectivity index (χ0) is 20.0. The summed E-state index contributed by atoms with van der Waals surface area (Å²) in [7, 11) is 0. The van der Waals surface area contributed by atoms with Gasteiger partial charge in [-0.1, -0.05) is 37.3 Å². The number of carbonyl (C=O) groups excluding carboxylic acids is 3. The predicted molar refractivity (Wildman–Crippen MR) is 99.7 cm³/mol. The molecule has 1 aromatic carbocycles. The number of amides is 3. The van der Waals surface area contributed by atoms with Crippen molar-refractivity contribution in [3.8, 4) is 0 Å². The van der Waals surface area contributed by atoms with Crippen LogP contribution in [-0.2, 0) is 20.9 Å². The Balaban J connectivity index is 2.19. The fourth-order valence-electron chi connectivity index (χ4n) is 2.92. The number of benzene rings is 1. The van der Waals surface area contributed by atoms with Crippen LogP contribution in [0.15, 0.2) is 30.3 Å². The summed E-state index contributed by atoms with van der Waals surface area (Å²) in [6, 6.07) is 9.20. The summed E-state index contributed by atoms with van der Waals surface area (Å²) in [6.07, 6.45) is -0.913. The Hall–Kier alpha value is -2.57. The molecule has 3 amide bonds. The molecule has 1 aromatic rings. The second-order valence-corrected chi connectivity index (χ2v) is 7.50. The first-order valence-corrected chi connectivity index (χ1v) is 9.25. The van der Waals surface area contributed by atoms with Crippen molar-refractivity contribution < 1.29 is 23.9 Å². The highest BCUT2D eigenvalue weighted by Crippen LogP contribution is 2.25. The fraction of sp³-hybridized carbons (Fsp3) is 0.550. The number of ether oxygens (including phenoxy) is 2. The average Bonchev–Trinajstić information content (AvgIpc) is 2.94. The third-order valence-corrected chi connectivity index (χ3v) is 4.05. The molecular weight excluding hydrogens is 348 g/mol. The molecule has 1 heterocycles. The monoisotopic (exact) mass is 376 g/mol. The summed E-state index contributed by atoms with van der Waals surface area (Å²) in [6.45, 7) is 7.61. The lowest BCUT2D eigenvalue weighted by atomic mass is 10.2. The molecule has 2 rings (SSSR count). The van der Waals surface area contributed by atoms with Crippen LogP contribution in [0.25, 0.3) is 0 Å². The van der Waals surface area contributed by atoms with Crippen molar-refractivity contribution in [3.05, 3.63) is 35.9 Å². The number of hydrogen-bond donors (Lipinski definition) is 0. The maximum Gasteiger partial charge on any atom is 0.421 e. The Morgan fingerprint density at radius 3 is 2.44 bits per heavy atom. The largest absolute Gasteiger partial charge is 0.444 e. The van der Waals surface area contributed by atoms with Crippen LogP contribution >= 0.6 is 0 Å². The molecule has 7 nitrogen and oxygen atoms in total. The van der Waals surface area contributed by atoms with Crippen molar-refractivity contribution in [2.45, 2.75) is 65.3 Å². The van der Waals surface area contributed by atoms with E-state index in [9.17, 15) is 14.4 Å². The predicted octanol–water partition coefficient (Wildman–Crippen LogP) is 3.92.